The Balaban J connectivity index is 1.41. The summed E-state index contributed by atoms with van der Waals surface area (Å²) in [6.45, 7) is 1.90. The van der Waals surface area contributed by atoms with E-state index in [0.717, 1.165) is 18.4 Å². The molecule has 0 spiro atoms. The zero-order valence-electron chi connectivity index (χ0n) is 26.9. The molecule has 48 heavy (non-hydrogen) atoms. The molecule has 1 amide bonds. The van der Waals surface area contributed by atoms with Crippen molar-refractivity contribution in [2.75, 3.05) is 13.8 Å². The maximum Gasteiger partial charge on any atom is 0.408 e. The molecule has 1 fully saturated rings. The third kappa shape index (κ3) is 8.48. The molecule has 2 atom stereocenters. The third-order valence-corrected chi connectivity index (χ3v) is 8.52. The molecule has 1 aliphatic rings. The van der Waals surface area contributed by atoms with E-state index in [0.29, 0.717) is 22.6 Å². The highest BCUT2D eigenvalue weighted by atomic mass is 35.5. The van der Waals surface area contributed by atoms with E-state index >= 15 is 0 Å². The summed E-state index contributed by atoms with van der Waals surface area (Å²) in [7, 11) is 1.50. The zero-order chi connectivity index (χ0) is 34.5. The van der Waals surface area contributed by atoms with Crippen LogP contribution in [-0.4, -0.2) is 41.9 Å². The molecule has 252 valence electrons. The molecule has 0 aliphatic heterocycles. The molecule has 1 aromatic heterocycles. The number of ketones is 1. The number of aromatic nitrogens is 1. The monoisotopic (exact) mass is 678 g/mol. The first kappa shape index (κ1) is 34.8. The SMILES string of the molecule is COc1cc(C(=O)CCC(C)(O)c2cc(C(C)(CF)NC(=O)OCc3ccccc3)cc(-c3ccc(F)c(Cl)c3)n2)ccc1OC1CC1. The summed E-state index contributed by atoms with van der Waals surface area (Å²) in [5.74, 6) is 0.121. The van der Waals surface area contributed by atoms with Gasteiger partial charge in [0.25, 0.3) is 0 Å². The van der Waals surface area contributed by atoms with Gasteiger partial charge in [0.2, 0.25) is 0 Å². The van der Waals surface area contributed by atoms with Crippen molar-refractivity contribution in [2.45, 2.75) is 63.4 Å². The van der Waals surface area contributed by atoms with Crippen LogP contribution in [-0.2, 0) is 22.5 Å². The van der Waals surface area contributed by atoms with Crippen molar-refractivity contribution < 1.29 is 37.7 Å². The number of rotatable bonds is 14. The van der Waals surface area contributed by atoms with E-state index in [1.807, 2.05) is 6.07 Å². The number of halogens is 3. The molecule has 1 saturated carbocycles. The van der Waals surface area contributed by atoms with Crippen LogP contribution in [0.25, 0.3) is 11.3 Å². The minimum absolute atomic E-state index is 0.0269. The van der Waals surface area contributed by atoms with Crippen LogP contribution in [0.2, 0.25) is 5.02 Å². The van der Waals surface area contributed by atoms with E-state index in [4.69, 9.17) is 25.8 Å². The van der Waals surface area contributed by atoms with Crippen LogP contribution in [0.3, 0.4) is 0 Å². The number of pyridine rings is 1. The predicted octanol–water partition coefficient (Wildman–Crippen LogP) is 8.07. The third-order valence-electron chi connectivity index (χ3n) is 8.23. The fourth-order valence-electron chi connectivity index (χ4n) is 5.03. The average Bonchev–Trinajstić information content (AvgIpc) is 3.92. The van der Waals surface area contributed by atoms with Crippen LogP contribution in [0.4, 0.5) is 13.6 Å². The number of hydrogen-bond donors (Lipinski definition) is 2. The maximum atomic E-state index is 14.8. The molecule has 2 unspecified atom stereocenters. The van der Waals surface area contributed by atoms with E-state index < -0.39 is 29.7 Å². The van der Waals surface area contributed by atoms with Gasteiger partial charge in [0.15, 0.2) is 17.3 Å². The lowest BCUT2D eigenvalue weighted by molar-refractivity contribution is 0.0395. The number of carbonyl (C=O) groups excluding carboxylic acids is 2. The lowest BCUT2D eigenvalue weighted by atomic mass is 9.87. The molecular weight excluding hydrogens is 642 g/mol. The largest absolute Gasteiger partial charge is 0.493 e. The van der Waals surface area contributed by atoms with Gasteiger partial charge in [0.1, 0.15) is 24.7 Å². The molecule has 11 heteroatoms. The predicted molar refractivity (Wildman–Crippen MR) is 178 cm³/mol. The van der Waals surface area contributed by atoms with Gasteiger partial charge in [-0.1, -0.05) is 41.9 Å². The van der Waals surface area contributed by atoms with E-state index in [1.165, 1.54) is 51.3 Å². The Kier molecular flexibility index (Phi) is 10.7. The topological polar surface area (TPSA) is 107 Å². The molecule has 4 aromatic rings. The summed E-state index contributed by atoms with van der Waals surface area (Å²) in [6.07, 6.45) is 1.14. The second-order valence-corrected chi connectivity index (χ2v) is 12.7. The average molecular weight is 679 g/mol. The molecule has 5 rings (SSSR count). The van der Waals surface area contributed by atoms with Crippen LogP contribution in [0.1, 0.15) is 66.7 Å². The number of alkyl carbamates (subject to hydrolysis) is 1. The summed E-state index contributed by atoms with van der Waals surface area (Å²) in [5.41, 5.74) is -1.17. The lowest BCUT2D eigenvalue weighted by Crippen LogP contribution is -2.45. The Morgan fingerprint density at radius 2 is 1.77 bits per heavy atom. The van der Waals surface area contributed by atoms with Crippen LogP contribution >= 0.6 is 11.6 Å². The van der Waals surface area contributed by atoms with E-state index in [9.17, 15) is 23.5 Å². The zero-order valence-corrected chi connectivity index (χ0v) is 27.7. The number of nitrogens with zero attached hydrogens (tertiary/aromatic N) is 1. The summed E-state index contributed by atoms with van der Waals surface area (Å²) in [5, 5.41) is 14.2. The van der Waals surface area contributed by atoms with E-state index in [1.54, 1.807) is 42.5 Å². The number of amides is 1. The molecule has 3 aromatic carbocycles. The molecule has 1 aliphatic carbocycles. The van der Waals surface area contributed by atoms with Crippen molar-refractivity contribution in [3.63, 3.8) is 0 Å². The van der Waals surface area contributed by atoms with Crippen LogP contribution in [0.15, 0.2) is 78.9 Å². The molecule has 0 saturated heterocycles. The molecule has 1 heterocycles. The number of methoxy groups -OCH3 is 1. The fourth-order valence-corrected chi connectivity index (χ4v) is 5.21. The maximum absolute atomic E-state index is 14.8. The Bertz CT molecular complexity index is 1780. The smallest absolute Gasteiger partial charge is 0.408 e. The highest BCUT2D eigenvalue weighted by molar-refractivity contribution is 6.31. The van der Waals surface area contributed by atoms with Gasteiger partial charge in [0, 0.05) is 17.5 Å². The Morgan fingerprint density at radius 3 is 2.44 bits per heavy atom. The van der Waals surface area contributed by atoms with Crippen molar-refractivity contribution in [1.29, 1.82) is 0 Å². The molecule has 2 N–H and O–H groups in total. The quantitative estimate of drug-likeness (QED) is 0.130. The van der Waals surface area contributed by atoms with Crippen molar-refractivity contribution >= 4 is 23.5 Å². The lowest BCUT2D eigenvalue weighted by Gasteiger charge is -2.31. The van der Waals surface area contributed by atoms with Gasteiger partial charge >= 0.3 is 6.09 Å². The first-order valence-corrected chi connectivity index (χ1v) is 15.9. The molecular formula is C37H37ClF2N2O6. The Hall–Kier alpha value is -4.54. The second-order valence-electron chi connectivity index (χ2n) is 12.3. The number of benzene rings is 3. The van der Waals surface area contributed by atoms with Gasteiger partial charge in [-0.2, -0.15) is 0 Å². The standard InChI is InChI=1S/C37H37ClF2N2O6/c1-36(22-39,42-35(44)47-21-23-7-5-4-6-8-23)26-19-30(24-9-13-29(40)28(38)17-24)41-34(20-26)37(2,45)16-15-31(43)25-10-14-32(33(18-25)46-3)48-27-11-12-27/h4-10,13-14,17-20,27,45H,11-12,15-16,21-22H2,1-3H3,(H,42,44). The van der Waals surface area contributed by atoms with Crippen molar-refractivity contribution in [3.8, 4) is 22.8 Å². The number of alkyl halides is 1. The van der Waals surface area contributed by atoms with Gasteiger partial charge in [-0.3, -0.25) is 4.79 Å². The molecule has 8 nitrogen and oxygen atoms in total. The number of Topliss-reactive ketones (excluding diaryl/α,β-unsaturated/α-hetero) is 1. The normalized spacial score (nSPS) is 15.1. The number of nitrogens with one attached hydrogen (secondary N) is 1. The van der Waals surface area contributed by atoms with Crippen molar-refractivity contribution in [1.82, 2.24) is 10.3 Å². The van der Waals surface area contributed by atoms with Crippen molar-refractivity contribution in [2.24, 2.45) is 0 Å². The van der Waals surface area contributed by atoms with Gasteiger partial charge in [0.05, 0.1) is 35.2 Å². The molecule has 0 bridgehead atoms. The number of carbonyl (C=O) groups is 2. The minimum atomic E-state index is -1.69. The Labute approximate surface area is 283 Å². The Morgan fingerprint density at radius 1 is 1.02 bits per heavy atom. The minimum Gasteiger partial charge on any atom is -0.493 e. The molecule has 0 radical (unpaired) electrons. The van der Waals surface area contributed by atoms with Crippen LogP contribution < -0.4 is 14.8 Å². The first-order chi connectivity index (χ1) is 22.9. The number of hydrogen-bond acceptors (Lipinski definition) is 7. The van der Waals surface area contributed by atoms with E-state index in [-0.39, 0.29) is 53.3 Å². The summed E-state index contributed by atoms with van der Waals surface area (Å²) in [6, 6.07) is 21.0. The van der Waals surface area contributed by atoms with Crippen LogP contribution in [0, 0.1) is 5.82 Å². The van der Waals surface area contributed by atoms with Crippen molar-refractivity contribution in [3.05, 3.63) is 112 Å². The van der Waals surface area contributed by atoms with Gasteiger partial charge in [-0.15, -0.1) is 0 Å². The summed E-state index contributed by atoms with van der Waals surface area (Å²) < 4.78 is 45.5. The highest BCUT2D eigenvalue weighted by Crippen LogP contribution is 2.36. The second kappa shape index (κ2) is 14.7. The van der Waals surface area contributed by atoms with Gasteiger partial charge in [-0.25, -0.2) is 18.6 Å². The number of aliphatic hydroxyl groups is 1. The van der Waals surface area contributed by atoms with Gasteiger partial charge < -0.3 is 24.6 Å². The van der Waals surface area contributed by atoms with Gasteiger partial charge in [-0.05, 0) is 92.8 Å². The van der Waals surface area contributed by atoms with Crippen LogP contribution in [0.5, 0.6) is 11.5 Å². The summed E-state index contributed by atoms with van der Waals surface area (Å²) >= 11 is 6.07. The fraction of sp³-hybridized carbons (Fsp3) is 0.324. The first-order valence-electron chi connectivity index (χ1n) is 15.5. The van der Waals surface area contributed by atoms with E-state index in [2.05, 4.69) is 10.3 Å². The summed E-state index contributed by atoms with van der Waals surface area (Å²) in [4.78, 5) is 30.7. The number of ether oxygens (including phenoxy) is 3. The highest BCUT2D eigenvalue weighted by Gasteiger charge is 2.34.